The first-order valence-corrected chi connectivity index (χ1v) is 8.84. The van der Waals surface area contributed by atoms with Crippen molar-refractivity contribution >= 4 is 27.3 Å². The molecule has 1 saturated heterocycles. The van der Waals surface area contributed by atoms with Crippen LogP contribution in [0.1, 0.15) is 44.4 Å². The maximum Gasteiger partial charge on any atom is 0.0701 e. The van der Waals surface area contributed by atoms with Gasteiger partial charge in [-0.1, -0.05) is 12.8 Å². The second-order valence-electron chi connectivity index (χ2n) is 6.72. The predicted molar refractivity (Wildman–Crippen MR) is 85.7 cm³/mol. The van der Waals surface area contributed by atoms with Gasteiger partial charge in [-0.15, -0.1) is 11.3 Å². The van der Waals surface area contributed by atoms with Crippen LogP contribution in [0.5, 0.6) is 0 Å². The zero-order valence-corrected chi connectivity index (χ0v) is 14.2. The van der Waals surface area contributed by atoms with E-state index < -0.39 is 0 Å². The maximum atomic E-state index is 3.86. The summed E-state index contributed by atoms with van der Waals surface area (Å²) < 4.78 is 1.24. The van der Waals surface area contributed by atoms with Crippen LogP contribution in [0.3, 0.4) is 0 Å². The average Bonchev–Trinajstić information content (AvgIpc) is 2.95. The van der Waals surface area contributed by atoms with E-state index in [0.29, 0.717) is 5.54 Å². The Morgan fingerprint density at radius 2 is 2.05 bits per heavy atom. The molecular formula is C15H23BrN2S. The van der Waals surface area contributed by atoms with Gasteiger partial charge in [0.1, 0.15) is 0 Å². The molecule has 2 heterocycles. The minimum atomic E-state index is 0.254. The van der Waals surface area contributed by atoms with Crippen molar-refractivity contribution in [1.82, 2.24) is 10.2 Å². The number of hydrogen-bond acceptors (Lipinski definition) is 3. The summed E-state index contributed by atoms with van der Waals surface area (Å²) in [5, 5.41) is 3.86. The molecule has 19 heavy (non-hydrogen) atoms. The van der Waals surface area contributed by atoms with Gasteiger partial charge in [0.05, 0.1) is 3.79 Å². The summed E-state index contributed by atoms with van der Waals surface area (Å²) in [6, 6.07) is 4.43. The van der Waals surface area contributed by atoms with E-state index in [9.17, 15) is 0 Å². The monoisotopic (exact) mass is 342 g/mol. The molecule has 0 unspecified atom stereocenters. The Morgan fingerprint density at radius 1 is 1.32 bits per heavy atom. The minimum Gasteiger partial charge on any atom is -0.308 e. The van der Waals surface area contributed by atoms with Crippen LogP contribution in [-0.2, 0) is 6.54 Å². The van der Waals surface area contributed by atoms with Crippen molar-refractivity contribution in [2.45, 2.75) is 57.2 Å². The quantitative estimate of drug-likeness (QED) is 0.873. The number of nitrogens with zero attached hydrogens (tertiary/aromatic N) is 1. The Bertz CT molecular complexity index is 449. The van der Waals surface area contributed by atoms with E-state index in [1.165, 1.54) is 40.9 Å². The molecule has 1 aliphatic carbocycles. The summed E-state index contributed by atoms with van der Waals surface area (Å²) in [6.07, 6.45) is 5.50. The van der Waals surface area contributed by atoms with E-state index in [-0.39, 0.29) is 5.54 Å². The van der Waals surface area contributed by atoms with Gasteiger partial charge in [-0.2, -0.15) is 0 Å². The van der Waals surface area contributed by atoms with Crippen molar-refractivity contribution < 1.29 is 0 Å². The van der Waals surface area contributed by atoms with E-state index in [1.54, 1.807) is 0 Å². The highest BCUT2D eigenvalue weighted by Gasteiger charge is 2.44. The lowest BCUT2D eigenvalue weighted by Gasteiger charge is -2.51. The van der Waals surface area contributed by atoms with Crippen LogP contribution >= 0.6 is 27.3 Å². The Morgan fingerprint density at radius 3 is 2.68 bits per heavy atom. The molecule has 1 aliphatic heterocycles. The third-order valence-corrected chi connectivity index (χ3v) is 6.39. The smallest absolute Gasteiger partial charge is 0.0701 e. The Balaban J connectivity index is 1.76. The average molecular weight is 343 g/mol. The van der Waals surface area contributed by atoms with Gasteiger partial charge in [0.2, 0.25) is 0 Å². The highest BCUT2D eigenvalue weighted by atomic mass is 79.9. The zero-order chi connectivity index (χ0) is 13.5. The van der Waals surface area contributed by atoms with Crippen LogP contribution in [0.2, 0.25) is 0 Å². The van der Waals surface area contributed by atoms with E-state index in [4.69, 9.17) is 0 Å². The van der Waals surface area contributed by atoms with Gasteiger partial charge in [0, 0.05) is 35.6 Å². The van der Waals surface area contributed by atoms with Gasteiger partial charge < -0.3 is 5.32 Å². The van der Waals surface area contributed by atoms with E-state index in [1.807, 2.05) is 11.3 Å². The van der Waals surface area contributed by atoms with Crippen molar-refractivity contribution in [2.24, 2.45) is 0 Å². The Labute approximate surface area is 128 Å². The van der Waals surface area contributed by atoms with E-state index in [0.717, 1.165) is 13.1 Å². The van der Waals surface area contributed by atoms with Crippen LogP contribution in [-0.4, -0.2) is 29.1 Å². The largest absolute Gasteiger partial charge is 0.308 e. The SMILES string of the molecule is CC1(C)CNC2(CCCC2)CN1Cc1ccc(Br)s1. The molecular weight excluding hydrogens is 320 g/mol. The highest BCUT2D eigenvalue weighted by molar-refractivity contribution is 9.11. The van der Waals surface area contributed by atoms with Gasteiger partial charge in [0.15, 0.2) is 0 Å². The molecule has 106 valence electrons. The fourth-order valence-corrected chi connectivity index (χ4v) is 4.93. The van der Waals surface area contributed by atoms with E-state index in [2.05, 4.69) is 52.1 Å². The van der Waals surface area contributed by atoms with Crippen LogP contribution in [0.15, 0.2) is 15.9 Å². The highest BCUT2D eigenvalue weighted by Crippen LogP contribution is 2.37. The molecule has 1 spiro atoms. The van der Waals surface area contributed by atoms with Crippen LogP contribution in [0, 0.1) is 0 Å². The van der Waals surface area contributed by atoms with Crippen molar-refractivity contribution in [1.29, 1.82) is 0 Å². The molecule has 0 radical (unpaired) electrons. The predicted octanol–water partition coefficient (Wildman–Crippen LogP) is 4.01. The van der Waals surface area contributed by atoms with Gasteiger partial charge in [-0.3, -0.25) is 4.90 Å². The van der Waals surface area contributed by atoms with Crippen LogP contribution in [0.4, 0.5) is 0 Å². The van der Waals surface area contributed by atoms with Gasteiger partial charge in [0.25, 0.3) is 0 Å². The lowest BCUT2D eigenvalue weighted by atomic mass is 9.87. The molecule has 0 bridgehead atoms. The molecule has 1 saturated carbocycles. The Hall–Kier alpha value is 0.1000. The Kier molecular flexibility index (Phi) is 3.80. The number of rotatable bonds is 2. The normalized spacial score (nSPS) is 26.1. The molecule has 1 aromatic rings. The molecule has 0 atom stereocenters. The molecule has 2 aliphatic rings. The third-order valence-electron chi connectivity index (χ3n) is 4.78. The number of halogens is 1. The first kappa shape index (κ1) is 14.1. The van der Waals surface area contributed by atoms with Crippen LogP contribution in [0.25, 0.3) is 0 Å². The zero-order valence-electron chi connectivity index (χ0n) is 11.8. The van der Waals surface area contributed by atoms with Gasteiger partial charge in [-0.25, -0.2) is 0 Å². The van der Waals surface area contributed by atoms with E-state index >= 15 is 0 Å². The van der Waals surface area contributed by atoms with Crippen LogP contribution < -0.4 is 5.32 Å². The number of piperazine rings is 1. The van der Waals surface area contributed by atoms with Gasteiger partial charge >= 0.3 is 0 Å². The fraction of sp³-hybridized carbons (Fsp3) is 0.733. The fourth-order valence-electron chi connectivity index (χ4n) is 3.43. The molecule has 1 N–H and O–H groups in total. The molecule has 3 rings (SSSR count). The molecule has 2 fully saturated rings. The number of hydrogen-bond donors (Lipinski definition) is 1. The topological polar surface area (TPSA) is 15.3 Å². The summed E-state index contributed by atoms with van der Waals surface area (Å²) in [5.74, 6) is 0. The van der Waals surface area contributed by atoms with Crippen molar-refractivity contribution in [3.05, 3.63) is 20.8 Å². The summed E-state index contributed by atoms with van der Waals surface area (Å²) in [5.41, 5.74) is 0.661. The molecule has 4 heteroatoms. The first-order valence-electron chi connectivity index (χ1n) is 7.24. The van der Waals surface area contributed by atoms with Crippen molar-refractivity contribution in [3.8, 4) is 0 Å². The lowest BCUT2D eigenvalue weighted by molar-refractivity contribution is 0.0225. The summed E-state index contributed by atoms with van der Waals surface area (Å²) in [6.45, 7) is 8.14. The second-order valence-corrected chi connectivity index (χ2v) is 9.26. The number of nitrogens with one attached hydrogen (secondary N) is 1. The lowest BCUT2D eigenvalue weighted by Crippen LogP contribution is -2.66. The molecule has 0 amide bonds. The van der Waals surface area contributed by atoms with Crippen molar-refractivity contribution in [3.63, 3.8) is 0 Å². The molecule has 2 nitrogen and oxygen atoms in total. The maximum absolute atomic E-state index is 3.86. The number of thiophene rings is 1. The summed E-state index contributed by atoms with van der Waals surface area (Å²) >= 11 is 5.44. The molecule has 1 aromatic heterocycles. The van der Waals surface area contributed by atoms with Gasteiger partial charge in [-0.05, 0) is 54.8 Å². The van der Waals surface area contributed by atoms with Crippen molar-refractivity contribution in [2.75, 3.05) is 13.1 Å². The standard InChI is InChI=1S/C15H23BrN2S/c1-14(2)10-17-15(7-3-4-8-15)11-18(14)9-12-5-6-13(16)19-12/h5-6,17H,3-4,7-11H2,1-2H3. The first-order chi connectivity index (χ1) is 8.99. The third kappa shape index (κ3) is 2.92. The minimum absolute atomic E-state index is 0.254. The summed E-state index contributed by atoms with van der Waals surface area (Å²) in [4.78, 5) is 4.16. The summed E-state index contributed by atoms with van der Waals surface area (Å²) in [7, 11) is 0. The molecule has 0 aromatic carbocycles. The second kappa shape index (κ2) is 5.14.